The minimum Gasteiger partial charge on any atom is -0.267 e. The Labute approximate surface area is 138 Å². The SMILES string of the molecule is CC1=NN(c2ccc(Cl)cc2)C(=O)/C1=C/c1ccccc1Cl. The Bertz CT molecular complexity index is 795. The van der Waals surface area contributed by atoms with Gasteiger partial charge in [-0.2, -0.15) is 10.1 Å². The molecule has 110 valence electrons. The van der Waals surface area contributed by atoms with Crippen molar-refractivity contribution in [2.45, 2.75) is 6.92 Å². The van der Waals surface area contributed by atoms with Crippen molar-refractivity contribution >= 4 is 46.6 Å². The molecule has 2 aromatic rings. The van der Waals surface area contributed by atoms with Crippen molar-refractivity contribution in [1.29, 1.82) is 0 Å². The van der Waals surface area contributed by atoms with E-state index in [1.807, 2.05) is 18.2 Å². The van der Waals surface area contributed by atoms with Gasteiger partial charge in [-0.1, -0.05) is 41.4 Å². The Morgan fingerprint density at radius 2 is 1.73 bits per heavy atom. The fourth-order valence-electron chi connectivity index (χ4n) is 2.19. The number of hydrogen-bond acceptors (Lipinski definition) is 2. The Hall–Kier alpha value is -2.10. The molecule has 1 heterocycles. The molecule has 2 aromatic carbocycles. The van der Waals surface area contributed by atoms with Crippen LogP contribution < -0.4 is 5.01 Å². The average molecular weight is 331 g/mol. The molecule has 3 nitrogen and oxygen atoms in total. The van der Waals surface area contributed by atoms with E-state index in [1.54, 1.807) is 43.3 Å². The zero-order chi connectivity index (χ0) is 15.7. The Balaban J connectivity index is 1.97. The molecule has 0 unspecified atom stereocenters. The summed E-state index contributed by atoms with van der Waals surface area (Å²) in [6.07, 6.45) is 1.76. The molecule has 0 fully saturated rings. The maximum atomic E-state index is 12.6. The van der Waals surface area contributed by atoms with Crippen LogP contribution in [-0.4, -0.2) is 11.6 Å². The van der Waals surface area contributed by atoms with Gasteiger partial charge in [-0.3, -0.25) is 4.79 Å². The topological polar surface area (TPSA) is 32.7 Å². The summed E-state index contributed by atoms with van der Waals surface area (Å²) in [4.78, 5) is 12.6. The molecule has 0 radical (unpaired) electrons. The molecule has 1 aliphatic heterocycles. The number of anilines is 1. The molecule has 0 bridgehead atoms. The lowest BCUT2D eigenvalue weighted by molar-refractivity contribution is -0.114. The lowest BCUT2D eigenvalue weighted by Gasteiger charge is -2.11. The number of benzene rings is 2. The Morgan fingerprint density at radius 3 is 2.41 bits per heavy atom. The average Bonchev–Trinajstić information content (AvgIpc) is 2.78. The molecule has 1 amide bonds. The van der Waals surface area contributed by atoms with Crippen LogP contribution in [0.15, 0.2) is 59.2 Å². The summed E-state index contributed by atoms with van der Waals surface area (Å²) in [5.74, 6) is -0.181. The number of carbonyl (C=O) groups excluding carboxylic acids is 1. The first-order chi connectivity index (χ1) is 10.6. The molecule has 0 aliphatic carbocycles. The van der Waals surface area contributed by atoms with Crippen LogP contribution in [0.5, 0.6) is 0 Å². The summed E-state index contributed by atoms with van der Waals surface area (Å²) >= 11 is 12.0. The van der Waals surface area contributed by atoms with E-state index in [1.165, 1.54) is 5.01 Å². The summed E-state index contributed by atoms with van der Waals surface area (Å²) in [7, 11) is 0. The number of nitrogens with zero attached hydrogens (tertiary/aromatic N) is 2. The van der Waals surface area contributed by atoms with Gasteiger partial charge < -0.3 is 0 Å². The van der Waals surface area contributed by atoms with Gasteiger partial charge >= 0.3 is 0 Å². The van der Waals surface area contributed by atoms with E-state index in [9.17, 15) is 4.79 Å². The highest BCUT2D eigenvalue weighted by Gasteiger charge is 2.28. The van der Waals surface area contributed by atoms with E-state index >= 15 is 0 Å². The van der Waals surface area contributed by atoms with Crippen LogP contribution in [0.1, 0.15) is 12.5 Å². The van der Waals surface area contributed by atoms with Gasteiger partial charge in [0.25, 0.3) is 5.91 Å². The first kappa shape index (κ1) is 14.8. The highest BCUT2D eigenvalue weighted by molar-refractivity contribution is 6.35. The summed E-state index contributed by atoms with van der Waals surface area (Å²) < 4.78 is 0. The molecule has 5 heteroatoms. The molecule has 0 atom stereocenters. The first-order valence-corrected chi connectivity index (χ1v) is 7.43. The van der Waals surface area contributed by atoms with Gasteiger partial charge in [0.15, 0.2) is 0 Å². The number of carbonyl (C=O) groups is 1. The molecule has 0 spiro atoms. The van der Waals surface area contributed by atoms with Crippen molar-refractivity contribution in [3.05, 3.63) is 69.7 Å². The second-order valence-corrected chi connectivity index (χ2v) is 5.70. The molecule has 0 saturated heterocycles. The van der Waals surface area contributed by atoms with E-state index in [0.29, 0.717) is 27.0 Å². The number of amides is 1. The summed E-state index contributed by atoms with van der Waals surface area (Å²) in [6, 6.07) is 14.3. The van der Waals surface area contributed by atoms with Crippen molar-refractivity contribution in [3.8, 4) is 0 Å². The van der Waals surface area contributed by atoms with E-state index < -0.39 is 0 Å². The molecule has 0 N–H and O–H groups in total. The van der Waals surface area contributed by atoms with Crippen molar-refractivity contribution in [2.75, 3.05) is 5.01 Å². The van der Waals surface area contributed by atoms with Gasteiger partial charge in [0.05, 0.1) is 17.0 Å². The highest BCUT2D eigenvalue weighted by Crippen LogP contribution is 2.27. The fourth-order valence-corrected chi connectivity index (χ4v) is 2.51. The number of rotatable bonds is 2. The van der Waals surface area contributed by atoms with Crippen LogP contribution in [0.2, 0.25) is 10.0 Å². The second-order valence-electron chi connectivity index (χ2n) is 4.86. The van der Waals surface area contributed by atoms with Crippen LogP contribution >= 0.6 is 23.2 Å². The number of hydrogen-bond donors (Lipinski definition) is 0. The normalized spacial score (nSPS) is 16.3. The smallest absolute Gasteiger partial charge is 0.267 e. The minimum absolute atomic E-state index is 0.181. The van der Waals surface area contributed by atoms with Crippen molar-refractivity contribution < 1.29 is 4.79 Å². The quantitative estimate of drug-likeness (QED) is 0.728. The van der Waals surface area contributed by atoms with Crippen LogP contribution in [0.25, 0.3) is 6.08 Å². The van der Waals surface area contributed by atoms with Crippen LogP contribution in [0, 0.1) is 0 Å². The number of halogens is 2. The summed E-state index contributed by atoms with van der Waals surface area (Å²) in [6.45, 7) is 1.80. The summed E-state index contributed by atoms with van der Waals surface area (Å²) in [5, 5.41) is 6.90. The van der Waals surface area contributed by atoms with Crippen LogP contribution in [0.3, 0.4) is 0 Å². The predicted octanol–water partition coefficient (Wildman–Crippen LogP) is 4.80. The minimum atomic E-state index is -0.181. The van der Waals surface area contributed by atoms with Crippen LogP contribution in [0.4, 0.5) is 5.69 Å². The highest BCUT2D eigenvalue weighted by atomic mass is 35.5. The van der Waals surface area contributed by atoms with Gasteiger partial charge in [-0.15, -0.1) is 0 Å². The third kappa shape index (κ3) is 2.78. The third-order valence-corrected chi connectivity index (χ3v) is 3.94. The monoisotopic (exact) mass is 330 g/mol. The second kappa shape index (κ2) is 5.95. The molecular formula is C17H12Cl2N2O. The van der Waals surface area contributed by atoms with Gasteiger partial charge in [0.2, 0.25) is 0 Å². The maximum Gasteiger partial charge on any atom is 0.280 e. The lowest BCUT2D eigenvalue weighted by atomic mass is 10.1. The molecule has 0 saturated carbocycles. The largest absolute Gasteiger partial charge is 0.280 e. The van der Waals surface area contributed by atoms with E-state index in [2.05, 4.69) is 5.10 Å². The maximum absolute atomic E-state index is 12.6. The fraction of sp³-hybridized carbons (Fsp3) is 0.0588. The van der Waals surface area contributed by atoms with Crippen molar-refractivity contribution in [1.82, 2.24) is 0 Å². The zero-order valence-electron chi connectivity index (χ0n) is 11.8. The Morgan fingerprint density at radius 1 is 1.05 bits per heavy atom. The number of hydrazone groups is 1. The van der Waals surface area contributed by atoms with E-state index in [0.717, 1.165) is 5.56 Å². The van der Waals surface area contributed by atoms with Gasteiger partial charge in [0, 0.05) is 10.0 Å². The van der Waals surface area contributed by atoms with Gasteiger partial charge in [0.1, 0.15) is 0 Å². The van der Waals surface area contributed by atoms with Gasteiger partial charge in [-0.25, -0.2) is 0 Å². The van der Waals surface area contributed by atoms with E-state index in [-0.39, 0.29) is 5.91 Å². The zero-order valence-corrected chi connectivity index (χ0v) is 13.3. The predicted molar refractivity (Wildman–Crippen MR) is 91.5 cm³/mol. The van der Waals surface area contributed by atoms with Crippen LogP contribution in [-0.2, 0) is 4.79 Å². The first-order valence-electron chi connectivity index (χ1n) is 6.68. The molecular weight excluding hydrogens is 319 g/mol. The van der Waals surface area contributed by atoms with Crippen molar-refractivity contribution in [2.24, 2.45) is 5.10 Å². The third-order valence-electron chi connectivity index (χ3n) is 3.34. The van der Waals surface area contributed by atoms with Gasteiger partial charge in [-0.05, 0) is 48.9 Å². The van der Waals surface area contributed by atoms with Crippen molar-refractivity contribution in [3.63, 3.8) is 0 Å². The molecule has 1 aliphatic rings. The molecule has 22 heavy (non-hydrogen) atoms. The summed E-state index contributed by atoms with van der Waals surface area (Å²) in [5.41, 5.74) is 2.65. The Kier molecular flexibility index (Phi) is 4.01. The molecule has 0 aromatic heterocycles. The molecule has 3 rings (SSSR count). The lowest BCUT2D eigenvalue weighted by Crippen LogP contribution is -2.21. The van der Waals surface area contributed by atoms with E-state index in [4.69, 9.17) is 23.2 Å². The standard InChI is InChI=1S/C17H12Cl2N2O/c1-11-15(10-12-4-2-3-5-16(12)19)17(22)21(20-11)14-8-6-13(18)7-9-14/h2-10H,1H3/b15-10+.